The minimum Gasteiger partial charge on any atom is -0.384 e. The van der Waals surface area contributed by atoms with Crippen molar-refractivity contribution in [3.05, 3.63) is 58.7 Å². The predicted octanol–water partition coefficient (Wildman–Crippen LogP) is 4.44. The third-order valence-electron chi connectivity index (χ3n) is 5.85. The highest BCUT2D eigenvalue weighted by Gasteiger charge is 2.23. The molecule has 1 unspecified atom stereocenters. The first-order valence-electron chi connectivity index (χ1n) is 10.1. The first-order valence-corrected chi connectivity index (χ1v) is 10.1. The largest absolute Gasteiger partial charge is 0.384 e. The van der Waals surface area contributed by atoms with Crippen LogP contribution in [0.3, 0.4) is 0 Å². The zero-order chi connectivity index (χ0) is 18.8. The summed E-state index contributed by atoms with van der Waals surface area (Å²) in [5.74, 6) is 0.497. The zero-order valence-electron chi connectivity index (χ0n) is 16.3. The molecule has 0 saturated carbocycles. The van der Waals surface area contributed by atoms with Gasteiger partial charge in [0.1, 0.15) is 0 Å². The van der Waals surface area contributed by atoms with E-state index in [4.69, 9.17) is 0 Å². The molecule has 2 aromatic rings. The molecule has 0 bridgehead atoms. The molecular weight excluding hydrogens is 334 g/mol. The molecule has 0 aliphatic carbocycles. The number of rotatable bonds is 4. The third-order valence-corrected chi connectivity index (χ3v) is 5.85. The summed E-state index contributed by atoms with van der Waals surface area (Å²) in [4.78, 5) is 15.4. The molecule has 0 spiro atoms. The quantitative estimate of drug-likeness (QED) is 0.844. The minimum absolute atomic E-state index is 0.00720. The molecule has 2 N–H and O–H groups in total. The molecule has 2 aromatic carbocycles. The molecule has 1 saturated heterocycles. The number of aryl methyl sites for hydroxylation is 1. The summed E-state index contributed by atoms with van der Waals surface area (Å²) in [6.45, 7) is 8.02. The van der Waals surface area contributed by atoms with E-state index in [1.165, 1.54) is 29.7 Å². The molecule has 2 heterocycles. The fraction of sp³-hybridized carbons (Fsp3) is 0.435. The van der Waals surface area contributed by atoms with Gasteiger partial charge in [0, 0.05) is 31.9 Å². The number of anilines is 2. The Balaban J connectivity index is 1.54. The van der Waals surface area contributed by atoms with Crippen molar-refractivity contribution < 1.29 is 4.79 Å². The van der Waals surface area contributed by atoms with Gasteiger partial charge >= 0.3 is 0 Å². The fourth-order valence-corrected chi connectivity index (χ4v) is 4.35. The van der Waals surface area contributed by atoms with E-state index in [9.17, 15) is 4.79 Å². The van der Waals surface area contributed by atoms with Gasteiger partial charge in [0.05, 0.1) is 11.3 Å². The lowest BCUT2D eigenvalue weighted by molar-refractivity contribution is 0.0951. The molecular formula is C23H29N3O. The summed E-state index contributed by atoms with van der Waals surface area (Å²) >= 11 is 0. The average Bonchev–Trinajstić information content (AvgIpc) is 3.21. The van der Waals surface area contributed by atoms with Crippen molar-refractivity contribution in [2.45, 2.75) is 45.6 Å². The smallest absolute Gasteiger partial charge is 0.253 e. The molecule has 1 atom stereocenters. The summed E-state index contributed by atoms with van der Waals surface area (Å²) in [5, 5.41) is 6.62. The van der Waals surface area contributed by atoms with Crippen LogP contribution in [-0.4, -0.2) is 25.5 Å². The summed E-state index contributed by atoms with van der Waals surface area (Å²) in [5.41, 5.74) is 6.65. The molecule has 2 aliphatic rings. The molecule has 4 heteroatoms. The lowest BCUT2D eigenvalue weighted by Crippen LogP contribution is -2.28. The van der Waals surface area contributed by atoms with Crippen LogP contribution in [0.4, 0.5) is 11.4 Å². The van der Waals surface area contributed by atoms with E-state index in [0.29, 0.717) is 12.5 Å². The predicted molar refractivity (Wildman–Crippen MR) is 112 cm³/mol. The van der Waals surface area contributed by atoms with Gasteiger partial charge in [-0.05, 0) is 60.9 Å². The summed E-state index contributed by atoms with van der Waals surface area (Å²) in [7, 11) is 0. The van der Waals surface area contributed by atoms with E-state index in [0.717, 1.165) is 42.9 Å². The van der Waals surface area contributed by atoms with Crippen molar-refractivity contribution in [1.29, 1.82) is 0 Å². The van der Waals surface area contributed by atoms with Crippen LogP contribution >= 0.6 is 0 Å². The van der Waals surface area contributed by atoms with Crippen LogP contribution in [0.25, 0.3) is 0 Å². The maximum Gasteiger partial charge on any atom is 0.253 e. The van der Waals surface area contributed by atoms with Gasteiger partial charge < -0.3 is 15.5 Å². The number of benzene rings is 2. The van der Waals surface area contributed by atoms with E-state index in [1.54, 1.807) is 0 Å². The molecule has 4 nitrogen and oxygen atoms in total. The van der Waals surface area contributed by atoms with Gasteiger partial charge in [0.25, 0.3) is 5.91 Å². The number of fused-ring (bicyclic) bond motifs is 1. The van der Waals surface area contributed by atoms with Gasteiger partial charge in [-0.15, -0.1) is 0 Å². The van der Waals surface area contributed by atoms with Crippen LogP contribution < -0.4 is 15.5 Å². The Bertz CT molecular complexity index is 840. The second kappa shape index (κ2) is 7.63. The van der Waals surface area contributed by atoms with Crippen molar-refractivity contribution in [1.82, 2.24) is 5.32 Å². The number of nitrogens with zero attached hydrogens (tertiary/aromatic N) is 1. The summed E-state index contributed by atoms with van der Waals surface area (Å²) in [6.07, 6.45) is 3.61. The molecule has 1 fully saturated rings. The first kappa shape index (κ1) is 17.9. The topological polar surface area (TPSA) is 44.4 Å². The Kier molecular flexibility index (Phi) is 5.06. The number of carbonyl (C=O) groups is 1. The Labute approximate surface area is 162 Å². The molecule has 1 amide bonds. The number of amides is 1. The number of hydrogen-bond acceptors (Lipinski definition) is 3. The second-order valence-corrected chi connectivity index (χ2v) is 7.90. The normalized spacial score (nSPS) is 18.7. The maximum atomic E-state index is 13.0. The molecule has 0 aromatic heterocycles. The highest BCUT2D eigenvalue weighted by molar-refractivity contribution is 6.00. The van der Waals surface area contributed by atoms with Crippen molar-refractivity contribution >= 4 is 17.3 Å². The lowest BCUT2D eigenvalue weighted by atomic mass is 9.89. The molecule has 142 valence electrons. The van der Waals surface area contributed by atoms with Gasteiger partial charge in [0.15, 0.2) is 0 Å². The molecule has 2 aliphatic heterocycles. The first-order chi connectivity index (χ1) is 13.1. The lowest BCUT2D eigenvalue weighted by Gasteiger charge is -2.27. The van der Waals surface area contributed by atoms with E-state index in [2.05, 4.69) is 59.7 Å². The van der Waals surface area contributed by atoms with E-state index in [-0.39, 0.29) is 5.91 Å². The van der Waals surface area contributed by atoms with E-state index in [1.807, 2.05) is 6.07 Å². The van der Waals surface area contributed by atoms with E-state index < -0.39 is 0 Å². The Morgan fingerprint density at radius 3 is 2.81 bits per heavy atom. The van der Waals surface area contributed by atoms with Gasteiger partial charge in [-0.3, -0.25) is 4.79 Å². The SMILES string of the molecule is Cc1cc(C(=O)NCc2ccccc2N2CCCC2)c2c(c1)C(C)CCN2. The monoisotopic (exact) mass is 363 g/mol. The Morgan fingerprint density at radius 2 is 2.00 bits per heavy atom. The van der Waals surface area contributed by atoms with Crippen LogP contribution in [-0.2, 0) is 6.54 Å². The van der Waals surface area contributed by atoms with Crippen LogP contribution in [0.1, 0.15) is 59.2 Å². The van der Waals surface area contributed by atoms with Gasteiger partial charge in [0.2, 0.25) is 0 Å². The van der Waals surface area contributed by atoms with Crippen molar-refractivity contribution in [3.63, 3.8) is 0 Å². The second-order valence-electron chi connectivity index (χ2n) is 7.90. The molecule has 0 radical (unpaired) electrons. The third kappa shape index (κ3) is 3.66. The van der Waals surface area contributed by atoms with Crippen LogP contribution in [0.15, 0.2) is 36.4 Å². The maximum absolute atomic E-state index is 13.0. The summed E-state index contributed by atoms with van der Waals surface area (Å²) < 4.78 is 0. The molecule has 27 heavy (non-hydrogen) atoms. The fourth-order valence-electron chi connectivity index (χ4n) is 4.35. The average molecular weight is 364 g/mol. The standard InChI is InChI=1S/C23H29N3O/c1-16-13-19-17(2)9-10-24-22(19)20(14-16)23(27)25-15-18-7-3-4-8-21(18)26-11-5-6-12-26/h3-4,7-8,13-14,17,24H,5-6,9-12,15H2,1-2H3,(H,25,27). The zero-order valence-corrected chi connectivity index (χ0v) is 16.3. The minimum atomic E-state index is 0.00720. The number of nitrogens with one attached hydrogen (secondary N) is 2. The number of hydrogen-bond donors (Lipinski definition) is 2. The van der Waals surface area contributed by atoms with Crippen molar-refractivity contribution in [2.24, 2.45) is 0 Å². The van der Waals surface area contributed by atoms with Crippen molar-refractivity contribution in [3.8, 4) is 0 Å². The Morgan fingerprint density at radius 1 is 1.22 bits per heavy atom. The number of carbonyl (C=O) groups excluding carboxylic acids is 1. The highest BCUT2D eigenvalue weighted by Crippen LogP contribution is 2.35. The van der Waals surface area contributed by atoms with Crippen LogP contribution in [0.2, 0.25) is 0 Å². The highest BCUT2D eigenvalue weighted by atomic mass is 16.1. The Hall–Kier alpha value is -2.49. The van der Waals surface area contributed by atoms with Crippen LogP contribution in [0, 0.1) is 6.92 Å². The van der Waals surface area contributed by atoms with Crippen LogP contribution in [0.5, 0.6) is 0 Å². The molecule has 4 rings (SSSR count). The number of para-hydroxylation sites is 1. The van der Waals surface area contributed by atoms with Gasteiger partial charge in [-0.1, -0.05) is 31.2 Å². The summed E-state index contributed by atoms with van der Waals surface area (Å²) in [6, 6.07) is 12.7. The van der Waals surface area contributed by atoms with Gasteiger partial charge in [-0.2, -0.15) is 0 Å². The van der Waals surface area contributed by atoms with E-state index >= 15 is 0 Å². The van der Waals surface area contributed by atoms with Crippen molar-refractivity contribution in [2.75, 3.05) is 29.9 Å². The van der Waals surface area contributed by atoms with Gasteiger partial charge in [-0.25, -0.2) is 0 Å².